The number of carbonyl (C=O) groups excluding carboxylic acids is 3. The summed E-state index contributed by atoms with van der Waals surface area (Å²) in [5.74, 6) is -1.23. The number of rotatable bonds is 7. The van der Waals surface area contributed by atoms with Gasteiger partial charge >= 0.3 is 5.97 Å². The Morgan fingerprint density at radius 3 is 2.67 bits per heavy atom. The molecule has 2 aromatic rings. The highest BCUT2D eigenvalue weighted by Crippen LogP contribution is 2.22. The fraction of sp³-hybridized carbons (Fsp3) is 0.312. The van der Waals surface area contributed by atoms with Gasteiger partial charge in [-0.3, -0.25) is 14.4 Å². The number of hydrogen-bond acceptors (Lipinski definition) is 6. The van der Waals surface area contributed by atoms with Crippen LogP contribution in [0.2, 0.25) is 0 Å². The summed E-state index contributed by atoms with van der Waals surface area (Å²) >= 11 is 1.43. The fourth-order valence-corrected chi connectivity index (χ4v) is 2.78. The van der Waals surface area contributed by atoms with E-state index in [9.17, 15) is 14.4 Å². The van der Waals surface area contributed by atoms with Crippen LogP contribution < -0.4 is 10.6 Å². The second-order valence-electron chi connectivity index (χ2n) is 5.06. The van der Waals surface area contributed by atoms with Crippen LogP contribution >= 0.6 is 11.3 Å². The van der Waals surface area contributed by atoms with Gasteiger partial charge in [0.15, 0.2) is 0 Å². The van der Waals surface area contributed by atoms with Gasteiger partial charge in [-0.2, -0.15) is 0 Å². The molecule has 128 valence electrons. The standard InChI is InChI=1S/C16H18N2O5S/c1-10(17-16(21)11-5-6-23-9-11)15(20)18-12(8-14(19)22-2)13-4-3-7-24-13/h3-7,9-10,12H,8H2,1-2H3,(H,17,21)(H,18,20)/t10-,12+/m1/s1. The molecular weight excluding hydrogens is 332 g/mol. The molecule has 2 N–H and O–H groups in total. The Hall–Kier alpha value is -2.61. The molecule has 0 aliphatic carbocycles. The van der Waals surface area contributed by atoms with Crippen molar-refractivity contribution in [2.45, 2.75) is 25.4 Å². The molecule has 7 nitrogen and oxygen atoms in total. The van der Waals surface area contributed by atoms with Gasteiger partial charge in [-0.1, -0.05) is 6.07 Å². The first kappa shape index (κ1) is 17.7. The number of methoxy groups -OCH3 is 1. The highest BCUT2D eigenvalue weighted by molar-refractivity contribution is 7.10. The van der Waals surface area contributed by atoms with Crippen molar-refractivity contribution in [1.29, 1.82) is 0 Å². The van der Waals surface area contributed by atoms with E-state index in [0.29, 0.717) is 5.56 Å². The van der Waals surface area contributed by atoms with Crippen molar-refractivity contribution in [3.63, 3.8) is 0 Å². The number of furan rings is 1. The lowest BCUT2D eigenvalue weighted by molar-refractivity contribution is -0.141. The van der Waals surface area contributed by atoms with Crippen LogP contribution in [0.3, 0.4) is 0 Å². The summed E-state index contributed by atoms with van der Waals surface area (Å²) in [4.78, 5) is 36.7. The first-order valence-electron chi connectivity index (χ1n) is 7.25. The quantitative estimate of drug-likeness (QED) is 0.743. The van der Waals surface area contributed by atoms with Crippen LogP contribution in [0.4, 0.5) is 0 Å². The minimum absolute atomic E-state index is 0.0190. The largest absolute Gasteiger partial charge is 0.472 e. The van der Waals surface area contributed by atoms with Crippen LogP contribution in [0.1, 0.15) is 34.6 Å². The van der Waals surface area contributed by atoms with Crippen molar-refractivity contribution in [3.8, 4) is 0 Å². The van der Waals surface area contributed by atoms with E-state index in [1.807, 2.05) is 17.5 Å². The smallest absolute Gasteiger partial charge is 0.307 e. The topological polar surface area (TPSA) is 97.6 Å². The third kappa shape index (κ3) is 4.69. The van der Waals surface area contributed by atoms with E-state index in [0.717, 1.165) is 4.88 Å². The summed E-state index contributed by atoms with van der Waals surface area (Å²) in [5.41, 5.74) is 0.332. The average Bonchev–Trinajstić information content (AvgIpc) is 3.26. The second-order valence-corrected chi connectivity index (χ2v) is 6.04. The minimum Gasteiger partial charge on any atom is -0.472 e. The van der Waals surface area contributed by atoms with E-state index >= 15 is 0 Å². The van der Waals surface area contributed by atoms with Crippen LogP contribution in [0.5, 0.6) is 0 Å². The lowest BCUT2D eigenvalue weighted by Crippen LogP contribution is -2.46. The summed E-state index contributed by atoms with van der Waals surface area (Å²) in [6.07, 6.45) is 2.69. The summed E-state index contributed by atoms with van der Waals surface area (Å²) in [6.45, 7) is 1.57. The highest BCUT2D eigenvalue weighted by Gasteiger charge is 2.24. The first-order valence-corrected chi connectivity index (χ1v) is 8.13. The molecule has 0 fully saturated rings. The molecule has 0 aliphatic heterocycles. The van der Waals surface area contributed by atoms with Crippen molar-refractivity contribution in [3.05, 3.63) is 46.5 Å². The first-order chi connectivity index (χ1) is 11.5. The predicted octanol–water partition coefficient (Wildman–Crippen LogP) is 1.88. The molecule has 0 saturated carbocycles. The zero-order valence-electron chi connectivity index (χ0n) is 13.3. The van der Waals surface area contributed by atoms with E-state index in [1.54, 1.807) is 6.92 Å². The van der Waals surface area contributed by atoms with Crippen molar-refractivity contribution in [2.75, 3.05) is 7.11 Å². The molecule has 24 heavy (non-hydrogen) atoms. The number of nitrogens with one attached hydrogen (secondary N) is 2. The number of esters is 1. The summed E-state index contributed by atoms with van der Waals surface area (Å²) in [7, 11) is 1.30. The van der Waals surface area contributed by atoms with Gasteiger partial charge in [-0.15, -0.1) is 11.3 Å². The van der Waals surface area contributed by atoms with Crippen LogP contribution in [0.25, 0.3) is 0 Å². The van der Waals surface area contributed by atoms with Gasteiger partial charge in [-0.05, 0) is 24.4 Å². The third-order valence-corrected chi connectivity index (χ3v) is 4.31. The van der Waals surface area contributed by atoms with Crippen LogP contribution in [0.15, 0.2) is 40.5 Å². The Kier molecular flexibility index (Phi) is 6.14. The molecule has 2 amide bonds. The van der Waals surface area contributed by atoms with Crippen molar-refractivity contribution >= 4 is 29.1 Å². The van der Waals surface area contributed by atoms with Gasteiger partial charge in [0.2, 0.25) is 5.91 Å². The fourth-order valence-electron chi connectivity index (χ4n) is 2.00. The molecule has 0 aromatic carbocycles. The Balaban J connectivity index is 1.98. The molecule has 2 aromatic heterocycles. The van der Waals surface area contributed by atoms with Crippen LogP contribution in [-0.4, -0.2) is 30.9 Å². The number of ether oxygens (including phenoxy) is 1. The SMILES string of the molecule is COC(=O)C[C@H](NC(=O)[C@@H](C)NC(=O)c1ccoc1)c1cccs1. The van der Waals surface area contributed by atoms with Crippen LogP contribution in [0, 0.1) is 0 Å². The third-order valence-electron chi connectivity index (χ3n) is 3.33. The van der Waals surface area contributed by atoms with Gasteiger partial charge < -0.3 is 19.8 Å². The predicted molar refractivity (Wildman–Crippen MR) is 87.5 cm³/mol. The maximum atomic E-state index is 12.3. The van der Waals surface area contributed by atoms with Gasteiger partial charge in [-0.25, -0.2) is 0 Å². The Bertz CT molecular complexity index is 681. The Labute approximate surface area is 143 Å². The summed E-state index contributed by atoms with van der Waals surface area (Å²) < 4.78 is 9.50. The number of hydrogen-bond donors (Lipinski definition) is 2. The maximum absolute atomic E-state index is 12.3. The molecule has 2 heterocycles. The van der Waals surface area contributed by atoms with Gasteiger partial charge in [0.25, 0.3) is 5.91 Å². The van der Waals surface area contributed by atoms with Gasteiger partial charge in [0.05, 0.1) is 31.4 Å². The zero-order valence-corrected chi connectivity index (χ0v) is 14.1. The molecule has 8 heteroatoms. The minimum atomic E-state index is -0.771. The van der Waals surface area contributed by atoms with Crippen molar-refractivity contribution < 1.29 is 23.5 Å². The van der Waals surface area contributed by atoms with Crippen molar-refractivity contribution in [1.82, 2.24) is 10.6 Å². The van der Waals surface area contributed by atoms with E-state index in [1.165, 1.54) is 37.0 Å². The van der Waals surface area contributed by atoms with Gasteiger partial charge in [0.1, 0.15) is 12.3 Å². The highest BCUT2D eigenvalue weighted by atomic mass is 32.1. The molecule has 0 spiro atoms. The van der Waals surface area contributed by atoms with E-state index in [-0.39, 0.29) is 6.42 Å². The lowest BCUT2D eigenvalue weighted by Gasteiger charge is -2.20. The zero-order chi connectivity index (χ0) is 17.5. The molecular formula is C16H18N2O5S. The summed E-state index contributed by atoms with van der Waals surface area (Å²) in [5, 5.41) is 7.20. The molecule has 0 radical (unpaired) electrons. The van der Waals surface area contributed by atoms with E-state index < -0.39 is 29.9 Å². The molecule has 0 saturated heterocycles. The molecule has 2 rings (SSSR count). The Morgan fingerprint density at radius 2 is 2.08 bits per heavy atom. The lowest BCUT2D eigenvalue weighted by atomic mass is 10.1. The van der Waals surface area contributed by atoms with Crippen molar-refractivity contribution in [2.24, 2.45) is 0 Å². The van der Waals surface area contributed by atoms with E-state index in [2.05, 4.69) is 15.4 Å². The normalized spacial score (nSPS) is 12.9. The number of thiophene rings is 1. The molecule has 2 atom stereocenters. The molecule has 0 bridgehead atoms. The second kappa shape index (κ2) is 8.30. The average molecular weight is 350 g/mol. The Morgan fingerprint density at radius 1 is 1.29 bits per heavy atom. The molecule has 0 aliphatic rings. The maximum Gasteiger partial charge on any atom is 0.307 e. The van der Waals surface area contributed by atoms with Crippen LogP contribution in [-0.2, 0) is 14.3 Å². The summed E-state index contributed by atoms with van der Waals surface area (Å²) in [6, 6.07) is 3.89. The monoisotopic (exact) mass is 350 g/mol. The molecule has 0 unspecified atom stereocenters. The van der Waals surface area contributed by atoms with Gasteiger partial charge in [0, 0.05) is 4.88 Å². The number of amides is 2. The number of carbonyl (C=O) groups is 3. The van der Waals surface area contributed by atoms with E-state index in [4.69, 9.17) is 4.42 Å².